The van der Waals surface area contributed by atoms with E-state index in [1.165, 1.54) is 6.92 Å². The van der Waals surface area contributed by atoms with Crippen LogP contribution in [0.15, 0.2) is 53.7 Å². The Morgan fingerprint density at radius 2 is 2.00 bits per heavy atom. The van der Waals surface area contributed by atoms with E-state index in [0.29, 0.717) is 41.6 Å². The van der Waals surface area contributed by atoms with Gasteiger partial charge in [-0.15, -0.1) is 0 Å². The maximum atomic E-state index is 13.2. The van der Waals surface area contributed by atoms with Gasteiger partial charge in [-0.3, -0.25) is 14.5 Å². The van der Waals surface area contributed by atoms with Crippen LogP contribution in [0.5, 0.6) is 5.75 Å². The Hall–Kier alpha value is -2.86. The summed E-state index contributed by atoms with van der Waals surface area (Å²) in [6.45, 7) is 1.68. The highest BCUT2D eigenvalue weighted by molar-refractivity contribution is 6.31. The molecular weight excluding hydrogens is 380 g/mol. The van der Waals surface area contributed by atoms with Crippen molar-refractivity contribution in [3.05, 3.63) is 64.7 Å². The van der Waals surface area contributed by atoms with E-state index in [1.54, 1.807) is 29.2 Å². The van der Waals surface area contributed by atoms with Crippen LogP contribution >= 0.6 is 11.6 Å². The van der Waals surface area contributed by atoms with Gasteiger partial charge in [-0.05, 0) is 49.1 Å². The first-order valence-electron chi connectivity index (χ1n) is 9.08. The second-order valence-corrected chi connectivity index (χ2v) is 7.43. The standard InChI is InChI=1S/C21H19ClN2O4/c1-14(25)27-18-8-6-15(7-9-18)13-24-19(16-4-2-5-17(22)12-16)23-28-21(20(24)26)10-3-11-21/h2,4-9,12H,3,10-11,13H2,1H3. The first kappa shape index (κ1) is 18.5. The fraction of sp³-hybridized carbons (Fsp3) is 0.286. The summed E-state index contributed by atoms with van der Waals surface area (Å²) in [5.41, 5.74) is 0.752. The summed E-state index contributed by atoms with van der Waals surface area (Å²) in [4.78, 5) is 31.6. The lowest BCUT2D eigenvalue weighted by Crippen LogP contribution is -2.58. The number of carbonyl (C=O) groups is 2. The van der Waals surface area contributed by atoms with Crippen LogP contribution in [0.3, 0.4) is 0 Å². The molecule has 6 nitrogen and oxygen atoms in total. The lowest BCUT2D eigenvalue weighted by molar-refractivity contribution is -0.173. The Morgan fingerprint density at radius 1 is 1.25 bits per heavy atom. The number of amides is 1. The highest BCUT2D eigenvalue weighted by Crippen LogP contribution is 2.40. The summed E-state index contributed by atoms with van der Waals surface area (Å²) in [6.07, 6.45) is 2.28. The molecule has 0 bridgehead atoms. The third kappa shape index (κ3) is 3.47. The van der Waals surface area contributed by atoms with E-state index < -0.39 is 5.60 Å². The van der Waals surface area contributed by atoms with Crippen molar-refractivity contribution < 1.29 is 19.2 Å². The zero-order chi connectivity index (χ0) is 19.7. The predicted molar refractivity (Wildman–Crippen MR) is 104 cm³/mol. The molecule has 1 aliphatic heterocycles. The Bertz CT molecular complexity index is 951. The Kier molecular flexibility index (Phi) is 4.81. The molecule has 2 aliphatic rings. The summed E-state index contributed by atoms with van der Waals surface area (Å²) in [6, 6.07) is 14.2. The van der Waals surface area contributed by atoms with Crippen molar-refractivity contribution in [2.45, 2.75) is 38.3 Å². The van der Waals surface area contributed by atoms with Gasteiger partial charge < -0.3 is 9.57 Å². The summed E-state index contributed by atoms with van der Waals surface area (Å²) in [5, 5.41) is 4.85. The van der Waals surface area contributed by atoms with Gasteiger partial charge in [0.05, 0.1) is 6.54 Å². The van der Waals surface area contributed by atoms with Crippen molar-refractivity contribution in [2.75, 3.05) is 0 Å². The first-order chi connectivity index (χ1) is 13.5. The summed E-state index contributed by atoms with van der Waals surface area (Å²) < 4.78 is 5.07. The van der Waals surface area contributed by atoms with Crippen LogP contribution in [0.4, 0.5) is 0 Å². The molecule has 1 fully saturated rings. The fourth-order valence-electron chi connectivity index (χ4n) is 3.36. The second kappa shape index (κ2) is 7.28. The van der Waals surface area contributed by atoms with Crippen LogP contribution in [0, 0.1) is 0 Å². The number of nitrogens with zero attached hydrogens (tertiary/aromatic N) is 2. The fourth-order valence-corrected chi connectivity index (χ4v) is 3.55. The van der Waals surface area contributed by atoms with Gasteiger partial charge in [0.25, 0.3) is 5.91 Å². The third-order valence-electron chi connectivity index (χ3n) is 4.97. The molecule has 0 atom stereocenters. The van der Waals surface area contributed by atoms with Crippen LogP contribution in [0.2, 0.25) is 5.02 Å². The molecule has 28 heavy (non-hydrogen) atoms. The van der Waals surface area contributed by atoms with Crippen molar-refractivity contribution in [3.63, 3.8) is 0 Å². The number of carbonyl (C=O) groups excluding carboxylic acids is 2. The summed E-state index contributed by atoms with van der Waals surface area (Å²) >= 11 is 6.12. The number of esters is 1. The molecule has 2 aromatic carbocycles. The minimum atomic E-state index is -0.847. The van der Waals surface area contributed by atoms with Gasteiger partial charge in [-0.2, -0.15) is 0 Å². The maximum Gasteiger partial charge on any atom is 0.308 e. The molecule has 2 aromatic rings. The van der Waals surface area contributed by atoms with Gasteiger partial charge in [0.1, 0.15) is 5.75 Å². The summed E-state index contributed by atoms with van der Waals surface area (Å²) in [7, 11) is 0. The third-order valence-corrected chi connectivity index (χ3v) is 5.20. The normalized spacial score (nSPS) is 17.6. The molecular formula is C21H19ClN2O4. The number of halogens is 1. The smallest absolute Gasteiger partial charge is 0.308 e. The number of hydrogen-bond acceptors (Lipinski definition) is 5. The topological polar surface area (TPSA) is 68.2 Å². The minimum Gasteiger partial charge on any atom is -0.427 e. The second-order valence-electron chi connectivity index (χ2n) is 6.99. The number of amidine groups is 1. The van der Waals surface area contributed by atoms with Crippen LogP contribution in [0.25, 0.3) is 0 Å². The van der Waals surface area contributed by atoms with E-state index in [2.05, 4.69) is 5.16 Å². The molecule has 0 aromatic heterocycles. The van der Waals surface area contributed by atoms with Gasteiger partial charge in [0.2, 0.25) is 5.60 Å². The van der Waals surface area contributed by atoms with Gasteiger partial charge in [-0.25, -0.2) is 0 Å². The number of rotatable bonds is 4. The molecule has 144 valence electrons. The monoisotopic (exact) mass is 398 g/mol. The summed E-state index contributed by atoms with van der Waals surface area (Å²) in [5.74, 6) is 0.434. The van der Waals surface area contributed by atoms with Crippen LogP contribution in [0.1, 0.15) is 37.3 Å². The average Bonchev–Trinajstić information content (AvgIpc) is 2.63. The maximum absolute atomic E-state index is 13.2. The van der Waals surface area contributed by atoms with E-state index >= 15 is 0 Å². The zero-order valence-electron chi connectivity index (χ0n) is 15.4. The van der Waals surface area contributed by atoms with Crippen LogP contribution in [-0.2, 0) is 21.0 Å². The van der Waals surface area contributed by atoms with Gasteiger partial charge in [-0.1, -0.05) is 41.0 Å². The van der Waals surface area contributed by atoms with E-state index in [4.69, 9.17) is 21.2 Å². The molecule has 1 heterocycles. The van der Waals surface area contributed by atoms with Crippen molar-refractivity contribution >= 4 is 29.3 Å². The van der Waals surface area contributed by atoms with E-state index in [-0.39, 0.29) is 11.9 Å². The highest BCUT2D eigenvalue weighted by Gasteiger charge is 2.53. The van der Waals surface area contributed by atoms with Gasteiger partial charge in [0, 0.05) is 17.5 Å². The molecule has 7 heteroatoms. The molecule has 0 saturated heterocycles. The molecule has 0 N–H and O–H groups in total. The van der Waals surface area contributed by atoms with Crippen LogP contribution < -0.4 is 4.74 Å². The zero-order valence-corrected chi connectivity index (χ0v) is 16.1. The van der Waals surface area contributed by atoms with Crippen molar-refractivity contribution in [3.8, 4) is 5.75 Å². The average molecular weight is 399 g/mol. The quantitative estimate of drug-likeness (QED) is 0.578. The van der Waals surface area contributed by atoms with Crippen molar-refractivity contribution in [1.29, 1.82) is 0 Å². The van der Waals surface area contributed by atoms with E-state index in [9.17, 15) is 9.59 Å². The SMILES string of the molecule is CC(=O)Oc1ccc(CN2C(=O)C3(CCC3)ON=C2c2cccc(Cl)c2)cc1. The Labute approximate surface area is 167 Å². The molecule has 1 saturated carbocycles. The largest absolute Gasteiger partial charge is 0.427 e. The van der Waals surface area contributed by atoms with Gasteiger partial charge in [0.15, 0.2) is 5.84 Å². The van der Waals surface area contributed by atoms with Crippen LogP contribution in [-0.4, -0.2) is 28.2 Å². The minimum absolute atomic E-state index is 0.0900. The van der Waals surface area contributed by atoms with Crippen molar-refractivity contribution in [2.24, 2.45) is 5.16 Å². The molecule has 0 radical (unpaired) electrons. The highest BCUT2D eigenvalue weighted by atomic mass is 35.5. The molecule has 0 unspecified atom stereocenters. The number of hydrogen-bond donors (Lipinski definition) is 0. The number of oxime groups is 1. The molecule has 4 rings (SSSR count). The predicted octanol–water partition coefficient (Wildman–Crippen LogP) is 3.91. The number of benzene rings is 2. The van der Waals surface area contributed by atoms with Crippen molar-refractivity contribution in [1.82, 2.24) is 4.90 Å². The first-order valence-corrected chi connectivity index (χ1v) is 9.46. The lowest BCUT2D eigenvalue weighted by Gasteiger charge is -2.44. The van der Waals surface area contributed by atoms with E-state index in [0.717, 1.165) is 12.0 Å². The number of ether oxygens (including phenoxy) is 1. The van der Waals surface area contributed by atoms with E-state index in [1.807, 2.05) is 24.3 Å². The Balaban J connectivity index is 1.64. The molecule has 1 aliphatic carbocycles. The lowest BCUT2D eigenvalue weighted by atomic mass is 9.78. The molecule has 1 amide bonds. The molecule has 1 spiro atoms. The Morgan fingerprint density at radius 3 is 2.61 bits per heavy atom. The van der Waals surface area contributed by atoms with Gasteiger partial charge >= 0.3 is 5.97 Å².